The van der Waals surface area contributed by atoms with Crippen LogP contribution < -0.4 is 4.90 Å². The summed E-state index contributed by atoms with van der Waals surface area (Å²) in [5.74, 6) is 0.0250. The molecule has 0 N–H and O–H groups in total. The maximum atomic E-state index is 12.1. The van der Waals surface area contributed by atoms with Crippen molar-refractivity contribution in [3.05, 3.63) is 29.8 Å². The molecule has 1 heterocycles. The smallest absolute Gasteiger partial charge is 0.229 e. The van der Waals surface area contributed by atoms with E-state index in [0.29, 0.717) is 12.0 Å². The number of ether oxygens (including phenoxy) is 1. The zero-order chi connectivity index (χ0) is 13.0. The summed E-state index contributed by atoms with van der Waals surface area (Å²) in [5.41, 5.74) is 1.31. The first-order valence-corrected chi connectivity index (χ1v) is 6.09. The second kappa shape index (κ2) is 5.65. The molecule has 2 rings (SSSR count). The molecule has 1 atom stereocenters. The lowest BCUT2D eigenvalue weighted by molar-refractivity contribution is -0.120. The van der Waals surface area contributed by atoms with E-state index in [2.05, 4.69) is 6.07 Å². The molecule has 0 aliphatic carbocycles. The number of hydrogen-bond donors (Lipinski definition) is 0. The molecule has 1 aromatic rings. The molecule has 1 aliphatic rings. The quantitative estimate of drug-likeness (QED) is 0.818. The molecule has 94 valence electrons. The van der Waals surface area contributed by atoms with Crippen LogP contribution in [0.4, 0.5) is 5.69 Å². The summed E-state index contributed by atoms with van der Waals surface area (Å²) in [7, 11) is 1.73. The first-order chi connectivity index (χ1) is 8.70. The second-order valence-electron chi connectivity index (χ2n) is 4.45. The average Bonchev–Trinajstić information content (AvgIpc) is 2.90. The van der Waals surface area contributed by atoms with Crippen LogP contribution in [0.25, 0.3) is 0 Å². The fourth-order valence-electron chi connectivity index (χ4n) is 2.07. The van der Waals surface area contributed by atoms with E-state index in [1.165, 1.54) is 0 Å². The van der Waals surface area contributed by atoms with Crippen molar-refractivity contribution in [2.45, 2.75) is 25.4 Å². The van der Waals surface area contributed by atoms with E-state index >= 15 is 0 Å². The summed E-state index contributed by atoms with van der Waals surface area (Å²) < 4.78 is 5.45. The minimum atomic E-state index is 0.0250. The number of carbonyl (C=O) groups is 1. The molecule has 0 saturated carbocycles. The highest BCUT2D eigenvalue weighted by atomic mass is 16.5. The van der Waals surface area contributed by atoms with Crippen molar-refractivity contribution in [2.24, 2.45) is 0 Å². The third kappa shape index (κ3) is 2.88. The number of nitriles is 1. The standard InChI is InChI=1S/C14H16N2O2/c1-16(12-5-2-4-11(8-12)10-15)14(17)9-13-6-3-7-18-13/h2,4-5,8,13H,3,6-7,9H2,1H3. The number of rotatable bonds is 3. The van der Waals surface area contributed by atoms with Gasteiger partial charge in [0.15, 0.2) is 0 Å². The summed E-state index contributed by atoms with van der Waals surface area (Å²) in [5, 5.41) is 8.84. The number of hydrogen-bond acceptors (Lipinski definition) is 3. The van der Waals surface area contributed by atoms with Gasteiger partial charge in [-0.15, -0.1) is 0 Å². The number of nitrogens with zero attached hydrogens (tertiary/aromatic N) is 2. The monoisotopic (exact) mass is 244 g/mol. The Kier molecular flexibility index (Phi) is 3.96. The fraction of sp³-hybridized carbons (Fsp3) is 0.429. The average molecular weight is 244 g/mol. The molecule has 0 spiro atoms. The first kappa shape index (κ1) is 12.6. The van der Waals surface area contributed by atoms with Gasteiger partial charge in [-0.1, -0.05) is 6.07 Å². The molecule has 4 nitrogen and oxygen atoms in total. The molecule has 1 unspecified atom stereocenters. The van der Waals surface area contributed by atoms with Crippen LogP contribution in [0.15, 0.2) is 24.3 Å². The third-order valence-electron chi connectivity index (χ3n) is 3.16. The van der Waals surface area contributed by atoms with Gasteiger partial charge in [-0.05, 0) is 31.0 Å². The van der Waals surface area contributed by atoms with Crippen molar-refractivity contribution in [1.82, 2.24) is 0 Å². The van der Waals surface area contributed by atoms with Gasteiger partial charge < -0.3 is 9.64 Å². The van der Waals surface area contributed by atoms with Crippen LogP contribution in [0.2, 0.25) is 0 Å². The topological polar surface area (TPSA) is 53.3 Å². The van der Waals surface area contributed by atoms with Crippen molar-refractivity contribution in [1.29, 1.82) is 5.26 Å². The van der Waals surface area contributed by atoms with Gasteiger partial charge in [0.25, 0.3) is 0 Å². The number of benzene rings is 1. The molecule has 4 heteroatoms. The summed E-state index contributed by atoms with van der Waals surface area (Å²) >= 11 is 0. The normalized spacial score (nSPS) is 18.3. The highest BCUT2D eigenvalue weighted by Gasteiger charge is 2.21. The van der Waals surface area contributed by atoms with Crippen LogP contribution in [0, 0.1) is 11.3 Å². The zero-order valence-electron chi connectivity index (χ0n) is 10.4. The van der Waals surface area contributed by atoms with E-state index in [9.17, 15) is 4.79 Å². The van der Waals surface area contributed by atoms with Gasteiger partial charge in [-0.2, -0.15) is 5.26 Å². The number of carbonyl (C=O) groups excluding carboxylic acids is 1. The number of anilines is 1. The lowest BCUT2D eigenvalue weighted by Crippen LogP contribution is -2.29. The van der Waals surface area contributed by atoms with Crippen LogP contribution in [0.1, 0.15) is 24.8 Å². The lowest BCUT2D eigenvalue weighted by atomic mass is 10.1. The van der Waals surface area contributed by atoms with Gasteiger partial charge in [0, 0.05) is 19.3 Å². The van der Waals surface area contributed by atoms with Gasteiger partial charge in [0.1, 0.15) is 0 Å². The highest BCUT2D eigenvalue weighted by molar-refractivity contribution is 5.93. The molecule has 0 bridgehead atoms. The Morgan fingerprint density at radius 1 is 1.61 bits per heavy atom. The maximum Gasteiger partial charge on any atom is 0.229 e. The fourth-order valence-corrected chi connectivity index (χ4v) is 2.07. The molecule has 1 amide bonds. The van der Waals surface area contributed by atoms with Crippen LogP contribution >= 0.6 is 0 Å². The Hall–Kier alpha value is -1.86. The van der Waals surface area contributed by atoms with Gasteiger partial charge in [-0.25, -0.2) is 0 Å². The maximum absolute atomic E-state index is 12.1. The Morgan fingerprint density at radius 3 is 3.11 bits per heavy atom. The van der Waals surface area contributed by atoms with E-state index in [-0.39, 0.29) is 12.0 Å². The molecule has 1 aliphatic heterocycles. The van der Waals surface area contributed by atoms with Gasteiger partial charge in [0.05, 0.1) is 24.2 Å². The minimum Gasteiger partial charge on any atom is -0.378 e. The Bertz CT molecular complexity index is 473. The van der Waals surface area contributed by atoms with E-state index in [1.807, 2.05) is 6.07 Å². The van der Waals surface area contributed by atoms with Crippen molar-refractivity contribution in [3.63, 3.8) is 0 Å². The lowest BCUT2D eigenvalue weighted by Gasteiger charge is -2.19. The van der Waals surface area contributed by atoms with Gasteiger partial charge in [0.2, 0.25) is 5.91 Å². The number of amides is 1. The molecule has 18 heavy (non-hydrogen) atoms. The van der Waals surface area contributed by atoms with Crippen molar-refractivity contribution >= 4 is 11.6 Å². The largest absolute Gasteiger partial charge is 0.378 e. The van der Waals surface area contributed by atoms with Crippen molar-refractivity contribution in [3.8, 4) is 6.07 Å². The van der Waals surface area contributed by atoms with E-state index < -0.39 is 0 Å². The Labute approximate surface area is 107 Å². The molecule has 1 saturated heterocycles. The van der Waals surface area contributed by atoms with Gasteiger partial charge >= 0.3 is 0 Å². The molecule has 0 aromatic heterocycles. The second-order valence-corrected chi connectivity index (χ2v) is 4.45. The van der Waals surface area contributed by atoms with E-state index in [0.717, 1.165) is 25.1 Å². The summed E-state index contributed by atoms with van der Waals surface area (Å²) in [6.07, 6.45) is 2.45. The predicted octanol–water partition coefficient (Wildman–Crippen LogP) is 2.09. The van der Waals surface area contributed by atoms with Crippen LogP contribution in [0.3, 0.4) is 0 Å². The molecule has 1 aromatic carbocycles. The van der Waals surface area contributed by atoms with Crippen molar-refractivity contribution < 1.29 is 9.53 Å². The highest BCUT2D eigenvalue weighted by Crippen LogP contribution is 2.19. The summed E-state index contributed by atoms with van der Waals surface area (Å²) in [6.45, 7) is 0.756. The van der Waals surface area contributed by atoms with Crippen LogP contribution in [-0.2, 0) is 9.53 Å². The Balaban J connectivity index is 2.03. The molecular weight excluding hydrogens is 228 g/mol. The van der Waals surface area contributed by atoms with Crippen LogP contribution in [-0.4, -0.2) is 25.7 Å². The predicted molar refractivity (Wildman–Crippen MR) is 68.2 cm³/mol. The summed E-state index contributed by atoms with van der Waals surface area (Å²) in [6, 6.07) is 9.12. The minimum absolute atomic E-state index is 0.0250. The molecule has 0 radical (unpaired) electrons. The summed E-state index contributed by atoms with van der Waals surface area (Å²) in [4.78, 5) is 13.6. The first-order valence-electron chi connectivity index (χ1n) is 6.09. The molecule has 1 fully saturated rings. The van der Waals surface area contributed by atoms with E-state index in [1.54, 1.807) is 30.1 Å². The van der Waals surface area contributed by atoms with Crippen molar-refractivity contribution in [2.75, 3.05) is 18.6 Å². The Morgan fingerprint density at radius 2 is 2.44 bits per heavy atom. The SMILES string of the molecule is CN(C(=O)CC1CCCO1)c1cccc(C#N)c1. The third-order valence-corrected chi connectivity index (χ3v) is 3.16. The van der Waals surface area contributed by atoms with Crippen LogP contribution in [0.5, 0.6) is 0 Å². The van der Waals surface area contributed by atoms with E-state index in [4.69, 9.17) is 10.00 Å². The zero-order valence-corrected chi connectivity index (χ0v) is 10.4. The molecular formula is C14H16N2O2. The van der Waals surface area contributed by atoms with Gasteiger partial charge in [-0.3, -0.25) is 4.79 Å².